The summed E-state index contributed by atoms with van der Waals surface area (Å²) in [5.41, 5.74) is 2.67. The molecule has 100 valence electrons. The number of aryl methyl sites for hydroxylation is 1. The average molecular weight is 263 g/mol. The molecule has 1 amide bonds. The Kier molecular flexibility index (Phi) is 4.55. The molecule has 0 fully saturated rings. The van der Waals surface area contributed by atoms with Crippen molar-refractivity contribution in [1.82, 2.24) is 5.48 Å². The number of hydrogen-bond acceptors (Lipinski definition) is 3. The minimum absolute atomic E-state index is 0.152. The van der Waals surface area contributed by atoms with Crippen LogP contribution in [0.15, 0.2) is 18.2 Å². The number of alkyl halides is 3. The third-order valence-electron chi connectivity index (χ3n) is 2.07. The van der Waals surface area contributed by atoms with Crippen LogP contribution in [-0.4, -0.2) is 25.8 Å². The molecule has 0 aliphatic carbocycles. The summed E-state index contributed by atoms with van der Waals surface area (Å²) >= 11 is 0. The Hall–Kier alpha value is -1.76. The van der Waals surface area contributed by atoms with Crippen LogP contribution in [-0.2, 0) is 4.84 Å². The number of benzene rings is 1. The fraction of sp³-hybridized carbons (Fsp3) is 0.364. The number of nitrogens with one attached hydrogen (secondary N) is 1. The molecule has 1 aromatic rings. The number of rotatable bonds is 4. The molecular formula is C11H12F3NO3. The number of halogens is 3. The monoisotopic (exact) mass is 263 g/mol. The third-order valence-corrected chi connectivity index (χ3v) is 2.07. The topological polar surface area (TPSA) is 47.6 Å². The lowest BCUT2D eigenvalue weighted by atomic mass is 10.1. The van der Waals surface area contributed by atoms with Gasteiger partial charge in [0.2, 0.25) is 0 Å². The zero-order chi connectivity index (χ0) is 13.8. The van der Waals surface area contributed by atoms with E-state index in [2.05, 4.69) is 4.84 Å². The molecule has 0 unspecified atom stereocenters. The van der Waals surface area contributed by atoms with Gasteiger partial charge in [-0.05, 0) is 24.6 Å². The van der Waals surface area contributed by atoms with E-state index in [9.17, 15) is 18.0 Å². The molecule has 4 nitrogen and oxygen atoms in total. The molecule has 0 saturated carbocycles. The van der Waals surface area contributed by atoms with E-state index in [1.54, 1.807) is 18.5 Å². The maximum absolute atomic E-state index is 11.8. The fourth-order valence-corrected chi connectivity index (χ4v) is 1.20. The lowest BCUT2D eigenvalue weighted by Gasteiger charge is -2.10. The number of carbonyl (C=O) groups is 1. The SMILES string of the molecule is COc1cc(C(=O)NOCC(F)(F)F)ccc1C. The first-order chi connectivity index (χ1) is 8.33. The van der Waals surface area contributed by atoms with Gasteiger partial charge in [0.1, 0.15) is 5.75 Å². The van der Waals surface area contributed by atoms with Gasteiger partial charge < -0.3 is 4.74 Å². The molecule has 0 aliphatic heterocycles. The van der Waals surface area contributed by atoms with Crippen LogP contribution in [0.1, 0.15) is 15.9 Å². The van der Waals surface area contributed by atoms with Gasteiger partial charge in [0.25, 0.3) is 5.91 Å². The van der Waals surface area contributed by atoms with Crippen LogP contribution < -0.4 is 10.2 Å². The van der Waals surface area contributed by atoms with Gasteiger partial charge in [0.05, 0.1) is 7.11 Å². The smallest absolute Gasteiger partial charge is 0.414 e. The highest BCUT2D eigenvalue weighted by Crippen LogP contribution is 2.19. The number of carbonyl (C=O) groups excluding carboxylic acids is 1. The van der Waals surface area contributed by atoms with Crippen molar-refractivity contribution in [3.63, 3.8) is 0 Å². The highest BCUT2D eigenvalue weighted by molar-refractivity contribution is 5.94. The lowest BCUT2D eigenvalue weighted by molar-refractivity contribution is -0.184. The Balaban J connectivity index is 2.62. The predicted octanol–water partition coefficient (Wildman–Crippen LogP) is 2.23. The molecule has 18 heavy (non-hydrogen) atoms. The summed E-state index contributed by atoms with van der Waals surface area (Å²) in [6.45, 7) is 0.238. The summed E-state index contributed by atoms with van der Waals surface area (Å²) < 4.78 is 40.3. The van der Waals surface area contributed by atoms with Gasteiger partial charge >= 0.3 is 6.18 Å². The van der Waals surface area contributed by atoms with E-state index in [0.717, 1.165) is 5.56 Å². The molecular weight excluding hydrogens is 251 g/mol. The van der Waals surface area contributed by atoms with Crippen molar-refractivity contribution in [2.45, 2.75) is 13.1 Å². The van der Waals surface area contributed by atoms with Gasteiger partial charge in [0, 0.05) is 5.56 Å². The average Bonchev–Trinajstić information content (AvgIpc) is 2.27. The van der Waals surface area contributed by atoms with E-state index < -0.39 is 18.7 Å². The molecule has 0 aromatic heterocycles. The van der Waals surface area contributed by atoms with Crippen molar-refractivity contribution < 1.29 is 27.5 Å². The molecule has 0 radical (unpaired) electrons. The van der Waals surface area contributed by atoms with Crippen LogP contribution in [0.2, 0.25) is 0 Å². The van der Waals surface area contributed by atoms with Crippen LogP contribution in [0.4, 0.5) is 13.2 Å². The Morgan fingerprint density at radius 3 is 2.61 bits per heavy atom. The summed E-state index contributed by atoms with van der Waals surface area (Å²) in [7, 11) is 1.43. The van der Waals surface area contributed by atoms with E-state index in [4.69, 9.17) is 4.74 Å². The Bertz CT molecular complexity index is 432. The second-order valence-corrected chi connectivity index (χ2v) is 3.52. The predicted molar refractivity (Wildman–Crippen MR) is 57.2 cm³/mol. The van der Waals surface area contributed by atoms with E-state index in [1.165, 1.54) is 19.2 Å². The second kappa shape index (κ2) is 5.72. The molecule has 0 saturated heterocycles. The summed E-state index contributed by atoms with van der Waals surface area (Å²) in [4.78, 5) is 15.5. The highest BCUT2D eigenvalue weighted by Gasteiger charge is 2.28. The van der Waals surface area contributed by atoms with Gasteiger partial charge in [-0.15, -0.1) is 0 Å². The molecule has 0 atom stereocenters. The van der Waals surface area contributed by atoms with Crippen molar-refractivity contribution in [2.24, 2.45) is 0 Å². The second-order valence-electron chi connectivity index (χ2n) is 3.52. The molecule has 0 heterocycles. The first-order valence-electron chi connectivity index (χ1n) is 4.97. The summed E-state index contributed by atoms with van der Waals surface area (Å²) in [6.07, 6.45) is -4.49. The zero-order valence-electron chi connectivity index (χ0n) is 9.80. The number of amides is 1. The quantitative estimate of drug-likeness (QED) is 0.847. The molecule has 0 bridgehead atoms. The highest BCUT2D eigenvalue weighted by atomic mass is 19.4. The molecule has 0 aliphatic rings. The summed E-state index contributed by atoms with van der Waals surface area (Å²) in [5, 5.41) is 0. The third kappa shape index (κ3) is 4.25. The number of hydrogen-bond donors (Lipinski definition) is 1. The number of hydroxylamine groups is 1. The Morgan fingerprint density at radius 1 is 1.39 bits per heavy atom. The van der Waals surface area contributed by atoms with Crippen molar-refractivity contribution in [3.8, 4) is 5.75 Å². The van der Waals surface area contributed by atoms with Crippen molar-refractivity contribution >= 4 is 5.91 Å². The first kappa shape index (κ1) is 14.3. The van der Waals surface area contributed by atoms with E-state index in [1.807, 2.05) is 0 Å². The van der Waals surface area contributed by atoms with Gasteiger partial charge in [0.15, 0.2) is 6.61 Å². The minimum atomic E-state index is -4.49. The number of ether oxygens (including phenoxy) is 1. The standard InChI is InChI=1S/C11H12F3NO3/c1-7-3-4-8(5-9(7)17-2)10(16)15-18-6-11(12,13)14/h3-5H,6H2,1-2H3,(H,15,16). The van der Waals surface area contributed by atoms with E-state index >= 15 is 0 Å². The molecule has 1 aromatic carbocycles. The Morgan fingerprint density at radius 2 is 2.06 bits per heavy atom. The maximum atomic E-state index is 11.8. The van der Waals surface area contributed by atoms with Crippen molar-refractivity contribution in [2.75, 3.05) is 13.7 Å². The van der Waals surface area contributed by atoms with Crippen LogP contribution in [0.5, 0.6) is 5.75 Å². The van der Waals surface area contributed by atoms with Crippen LogP contribution in [0.25, 0.3) is 0 Å². The van der Waals surface area contributed by atoms with Crippen molar-refractivity contribution in [1.29, 1.82) is 0 Å². The maximum Gasteiger partial charge on any atom is 0.414 e. The molecule has 1 N–H and O–H groups in total. The summed E-state index contributed by atoms with van der Waals surface area (Å²) in [5.74, 6) is -0.295. The fourth-order valence-electron chi connectivity index (χ4n) is 1.20. The van der Waals surface area contributed by atoms with Gasteiger partial charge in [-0.25, -0.2) is 5.48 Å². The van der Waals surface area contributed by atoms with Crippen LogP contribution in [0, 0.1) is 6.92 Å². The largest absolute Gasteiger partial charge is 0.496 e. The first-order valence-corrected chi connectivity index (χ1v) is 4.97. The van der Waals surface area contributed by atoms with Gasteiger partial charge in [-0.3, -0.25) is 9.63 Å². The van der Waals surface area contributed by atoms with E-state index in [0.29, 0.717) is 5.75 Å². The van der Waals surface area contributed by atoms with Crippen LogP contribution in [0.3, 0.4) is 0 Å². The molecule has 1 rings (SSSR count). The van der Waals surface area contributed by atoms with Gasteiger partial charge in [-0.1, -0.05) is 6.07 Å². The molecule has 7 heteroatoms. The normalized spacial score (nSPS) is 11.2. The molecule has 0 spiro atoms. The lowest BCUT2D eigenvalue weighted by Crippen LogP contribution is -2.29. The number of methoxy groups -OCH3 is 1. The van der Waals surface area contributed by atoms with Crippen LogP contribution >= 0.6 is 0 Å². The van der Waals surface area contributed by atoms with Crippen molar-refractivity contribution in [3.05, 3.63) is 29.3 Å². The Labute approximate surface area is 102 Å². The van der Waals surface area contributed by atoms with E-state index in [-0.39, 0.29) is 5.56 Å². The zero-order valence-corrected chi connectivity index (χ0v) is 9.80. The minimum Gasteiger partial charge on any atom is -0.496 e. The van der Waals surface area contributed by atoms with Gasteiger partial charge in [-0.2, -0.15) is 13.2 Å². The summed E-state index contributed by atoms with van der Waals surface area (Å²) in [6, 6.07) is 4.50.